The SMILES string of the molecule is C(=Cc1ccccc1)C=C(c1ccccc1)c1cc(C(=CC=Cc2ccnc3ccccc23)c2ccccc2)c2ccccc2n1. The molecule has 2 heterocycles. The minimum Gasteiger partial charge on any atom is -0.256 e. The van der Waals surface area contributed by atoms with E-state index in [1.54, 1.807) is 0 Å². The number of rotatable bonds is 8. The van der Waals surface area contributed by atoms with Crippen LogP contribution in [0.3, 0.4) is 0 Å². The van der Waals surface area contributed by atoms with Gasteiger partial charge in [-0.2, -0.15) is 0 Å². The van der Waals surface area contributed by atoms with E-state index < -0.39 is 0 Å². The molecule has 0 amide bonds. The third-order valence-electron chi connectivity index (χ3n) is 8.02. The van der Waals surface area contributed by atoms with Gasteiger partial charge >= 0.3 is 0 Å². The minimum absolute atomic E-state index is 0.920. The molecule has 0 radical (unpaired) electrons. The van der Waals surface area contributed by atoms with E-state index >= 15 is 0 Å². The van der Waals surface area contributed by atoms with Crippen LogP contribution in [0.4, 0.5) is 0 Å². The van der Waals surface area contributed by atoms with Gasteiger partial charge in [0, 0.05) is 22.5 Å². The predicted molar refractivity (Wildman–Crippen MR) is 195 cm³/mol. The van der Waals surface area contributed by atoms with Crippen LogP contribution in [0.25, 0.3) is 45.1 Å². The summed E-state index contributed by atoms with van der Waals surface area (Å²) < 4.78 is 0. The fourth-order valence-corrected chi connectivity index (χ4v) is 5.77. The smallest absolute Gasteiger partial charge is 0.0721 e. The highest BCUT2D eigenvalue weighted by Gasteiger charge is 2.15. The van der Waals surface area contributed by atoms with E-state index in [0.29, 0.717) is 0 Å². The summed E-state index contributed by atoms with van der Waals surface area (Å²) in [6.07, 6.45) is 14.8. The van der Waals surface area contributed by atoms with Crippen LogP contribution in [-0.4, -0.2) is 9.97 Å². The lowest BCUT2D eigenvalue weighted by atomic mass is 9.91. The number of fused-ring (bicyclic) bond motifs is 2. The van der Waals surface area contributed by atoms with Gasteiger partial charge in [0.1, 0.15) is 0 Å². The highest BCUT2D eigenvalue weighted by Crippen LogP contribution is 2.34. The maximum Gasteiger partial charge on any atom is 0.0721 e. The van der Waals surface area contributed by atoms with Gasteiger partial charge in [-0.1, -0.05) is 164 Å². The molecule has 0 spiro atoms. The molecule has 46 heavy (non-hydrogen) atoms. The van der Waals surface area contributed by atoms with E-state index in [1.807, 2.05) is 18.3 Å². The van der Waals surface area contributed by atoms with E-state index in [1.165, 1.54) is 0 Å². The van der Waals surface area contributed by atoms with E-state index in [-0.39, 0.29) is 0 Å². The quantitative estimate of drug-likeness (QED) is 0.165. The predicted octanol–water partition coefficient (Wildman–Crippen LogP) is 11.1. The molecule has 218 valence electrons. The van der Waals surface area contributed by atoms with Gasteiger partial charge in [0.15, 0.2) is 0 Å². The van der Waals surface area contributed by atoms with Crippen molar-refractivity contribution in [3.63, 3.8) is 0 Å². The summed E-state index contributed by atoms with van der Waals surface area (Å²) in [5.41, 5.74) is 10.7. The van der Waals surface area contributed by atoms with Gasteiger partial charge in [0.25, 0.3) is 0 Å². The van der Waals surface area contributed by atoms with Crippen LogP contribution >= 0.6 is 0 Å². The number of nitrogens with zero attached hydrogens (tertiary/aromatic N) is 2. The van der Waals surface area contributed by atoms with Gasteiger partial charge in [-0.25, -0.2) is 4.98 Å². The highest BCUT2D eigenvalue weighted by molar-refractivity contribution is 5.99. The Kier molecular flexibility index (Phi) is 8.51. The minimum atomic E-state index is 0.920. The summed E-state index contributed by atoms with van der Waals surface area (Å²) in [6, 6.07) is 52.5. The lowest BCUT2D eigenvalue weighted by Gasteiger charge is -2.15. The van der Waals surface area contributed by atoms with Crippen molar-refractivity contribution < 1.29 is 0 Å². The van der Waals surface area contributed by atoms with Gasteiger partial charge < -0.3 is 0 Å². The molecule has 0 fully saturated rings. The molecule has 0 aliphatic carbocycles. The molecule has 2 aromatic heterocycles. The molecule has 0 saturated heterocycles. The average molecular weight is 589 g/mol. The van der Waals surface area contributed by atoms with Crippen LogP contribution in [-0.2, 0) is 0 Å². The van der Waals surface area contributed by atoms with Gasteiger partial charge in [0.2, 0.25) is 0 Å². The maximum absolute atomic E-state index is 5.22. The average Bonchev–Trinajstić information content (AvgIpc) is 3.13. The number of para-hydroxylation sites is 2. The van der Waals surface area contributed by atoms with Crippen LogP contribution in [0.2, 0.25) is 0 Å². The van der Waals surface area contributed by atoms with Crippen molar-refractivity contribution >= 4 is 45.1 Å². The molecular weight excluding hydrogens is 556 g/mol. The second-order valence-electron chi connectivity index (χ2n) is 11.0. The molecular formula is C44H32N2. The third-order valence-corrected chi connectivity index (χ3v) is 8.02. The van der Waals surface area contributed by atoms with Crippen LogP contribution in [0, 0.1) is 0 Å². The first-order valence-corrected chi connectivity index (χ1v) is 15.5. The molecule has 0 saturated carbocycles. The zero-order valence-electron chi connectivity index (χ0n) is 25.4. The molecule has 0 atom stereocenters. The van der Waals surface area contributed by atoms with Gasteiger partial charge in [0.05, 0.1) is 16.7 Å². The number of hydrogen-bond donors (Lipinski definition) is 0. The molecule has 7 rings (SSSR count). The van der Waals surface area contributed by atoms with Gasteiger partial charge in [-0.15, -0.1) is 0 Å². The van der Waals surface area contributed by atoms with Crippen molar-refractivity contribution in [3.8, 4) is 0 Å². The Hall–Kier alpha value is -6.12. The largest absolute Gasteiger partial charge is 0.256 e. The summed E-state index contributed by atoms with van der Waals surface area (Å²) >= 11 is 0. The van der Waals surface area contributed by atoms with E-state index in [0.717, 1.165) is 66.5 Å². The number of allylic oxidation sites excluding steroid dienone is 4. The first-order valence-electron chi connectivity index (χ1n) is 15.5. The summed E-state index contributed by atoms with van der Waals surface area (Å²) in [5.74, 6) is 0. The normalized spacial score (nSPS) is 12.4. The van der Waals surface area contributed by atoms with Gasteiger partial charge in [-0.3, -0.25) is 4.98 Å². The summed E-state index contributed by atoms with van der Waals surface area (Å²) in [5, 5.41) is 2.24. The molecule has 0 aliphatic rings. The zero-order chi connectivity index (χ0) is 31.0. The summed E-state index contributed by atoms with van der Waals surface area (Å²) in [7, 11) is 0. The molecule has 0 unspecified atom stereocenters. The number of hydrogen-bond acceptors (Lipinski definition) is 2. The van der Waals surface area contributed by atoms with Crippen molar-refractivity contribution in [1.29, 1.82) is 0 Å². The molecule has 7 aromatic rings. The molecule has 2 heteroatoms. The Balaban J connectivity index is 1.40. The Labute approximate surface area is 270 Å². The van der Waals surface area contributed by atoms with Crippen molar-refractivity contribution in [2.24, 2.45) is 0 Å². The summed E-state index contributed by atoms with van der Waals surface area (Å²) in [4.78, 5) is 9.76. The second kappa shape index (κ2) is 13.7. The third kappa shape index (κ3) is 6.38. The Morgan fingerprint density at radius 3 is 1.78 bits per heavy atom. The maximum atomic E-state index is 5.22. The van der Waals surface area contributed by atoms with Crippen molar-refractivity contribution in [2.75, 3.05) is 0 Å². The highest BCUT2D eigenvalue weighted by atomic mass is 14.7. The van der Waals surface area contributed by atoms with Gasteiger partial charge in [-0.05, 0) is 57.7 Å². The van der Waals surface area contributed by atoms with Crippen molar-refractivity contribution in [2.45, 2.75) is 0 Å². The topological polar surface area (TPSA) is 25.8 Å². The fourth-order valence-electron chi connectivity index (χ4n) is 5.77. The lowest BCUT2D eigenvalue weighted by molar-refractivity contribution is 1.33. The van der Waals surface area contributed by atoms with E-state index in [4.69, 9.17) is 4.98 Å². The Morgan fingerprint density at radius 1 is 0.478 bits per heavy atom. The first-order chi connectivity index (χ1) is 22.8. The number of benzene rings is 5. The van der Waals surface area contributed by atoms with E-state index in [9.17, 15) is 0 Å². The summed E-state index contributed by atoms with van der Waals surface area (Å²) in [6.45, 7) is 0. The number of pyridine rings is 2. The Bertz CT molecular complexity index is 2220. The zero-order valence-corrected chi connectivity index (χ0v) is 25.4. The second-order valence-corrected chi connectivity index (χ2v) is 11.0. The van der Waals surface area contributed by atoms with Crippen molar-refractivity contribution in [1.82, 2.24) is 9.97 Å². The standard InChI is InChI=1S/C44H32N2/c1-4-16-33(17-5-1)18-14-27-39(35-21-8-3-9-22-35)44-32-41(40-25-11-13-29-43(40)46-44)37(34-19-6-2-7-20-34)26-15-23-36-30-31-45-42-28-12-10-24-38(36)42/h1-32H. The molecule has 0 aliphatic heterocycles. The lowest BCUT2D eigenvalue weighted by Crippen LogP contribution is -1.98. The van der Waals surface area contributed by atoms with E-state index in [2.05, 4.69) is 181 Å². The first kappa shape index (κ1) is 28.6. The molecule has 0 N–H and O–H groups in total. The van der Waals surface area contributed by atoms with Crippen LogP contribution in [0.15, 0.2) is 182 Å². The van der Waals surface area contributed by atoms with Crippen molar-refractivity contribution in [3.05, 3.63) is 216 Å². The molecule has 2 nitrogen and oxygen atoms in total. The monoisotopic (exact) mass is 588 g/mol. The fraction of sp³-hybridized carbons (Fsp3) is 0. The van der Waals surface area contributed by atoms with Crippen LogP contribution in [0.5, 0.6) is 0 Å². The van der Waals surface area contributed by atoms with Crippen LogP contribution in [0.1, 0.15) is 33.5 Å². The Morgan fingerprint density at radius 2 is 1.04 bits per heavy atom. The molecule has 0 bridgehead atoms. The molecule has 5 aromatic carbocycles. The number of aromatic nitrogens is 2. The van der Waals surface area contributed by atoms with Crippen LogP contribution < -0.4 is 0 Å².